The highest BCUT2D eigenvalue weighted by Gasteiger charge is 2.07. The van der Waals surface area contributed by atoms with Gasteiger partial charge in [-0.15, -0.1) is 0 Å². The summed E-state index contributed by atoms with van der Waals surface area (Å²) in [4.78, 5) is 4.45. The zero-order chi connectivity index (χ0) is 11.5. The Hall–Kier alpha value is -1.86. The Morgan fingerprint density at radius 3 is 3.00 bits per heavy atom. The third kappa shape index (κ3) is 1.77. The Labute approximate surface area is 94.1 Å². The maximum absolute atomic E-state index is 8.83. The van der Waals surface area contributed by atoms with Gasteiger partial charge in [0.1, 0.15) is 12.4 Å². The first-order valence-corrected chi connectivity index (χ1v) is 5.19. The van der Waals surface area contributed by atoms with Crippen LogP contribution in [-0.2, 0) is 18.4 Å². The van der Waals surface area contributed by atoms with E-state index >= 15 is 0 Å². The van der Waals surface area contributed by atoms with Gasteiger partial charge in [-0.1, -0.05) is 0 Å². The number of nitrogens with zero attached hydrogens (tertiary/aromatic N) is 3. The first-order chi connectivity index (χ1) is 7.76. The molecule has 0 bridgehead atoms. The summed E-state index contributed by atoms with van der Waals surface area (Å²) in [5, 5.41) is 8.83. The minimum Gasteiger partial charge on any atom is -0.374 e. The lowest BCUT2D eigenvalue weighted by Gasteiger charge is -2.01. The molecule has 1 aromatic carbocycles. The van der Waals surface area contributed by atoms with E-state index in [0.717, 1.165) is 16.9 Å². The number of hydrogen-bond donors (Lipinski definition) is 0. The van der Waals surface area contributed by atoms with Crippen LogP contribution < -0.4 is 0 Å². The fraction of sp³-hybridized carbons (Fsp3) is 0.333. The molecule has 0 N–H and O–H groups in total. The molecule has 0 spiro atoms. The Morgan fingerprint density at radius 1 is 1.50 bits per heavy atom. The van der Waals surface area contributed by atoms with E-state index in [1.54, 1.807) is 6.07 Å². The van der Waals surface area contributed by atoms with Gasteiger partial charge in [-0.2, -0.15) is 5.26 Å². The van der Waals surface area contributed by atoms with Crippen LogP contribution >= 0.6 is 0 Å². The predicted molar refractivity (Wildman–Crippen MR) is 60.8 cm³/mol. The highest BCUT2D eigenvalue weighted by molar-refractivity contribution is 5.77. The number of aryl methyl sites for hydroxylation is 1. The molecule has 0 aliphatic carbocycles. The van der Waals surface area contributed by atoms with Gasteiger partial charge in [0.2, 0.25) is 0 Å². The maximum atomic E-state index is 8.83. The van der Waals surface area contributed by atoms with Crippen molar-refractivity contribution in [2.45, 2.75) is 13.5 Å². The number of ether oxygens (including phenoxy) is 1. The second-order valence-electron chi connectivity index (χ2n) is 3.54. The van der Waals surface area contributed by atoms with Crippen LogP contribution in [0.1, 0.15) is 18.3 Å². The van der Waals surface area contributed by atoms with Gasteiger partial charge in [-0.05, 0) is 25.1 Å². The van der Waals surface area contributed by atoms with Gasteiger partial charge >= 0.3 is 0 Å². The van der Waals surface area contributed by atoms with Crippen LogP contribution in [0.5, 0.6) is 0 Å². The average molecular weight is 215 g/mol. The molecule has 16 heavy (non-hydrogen) atoms. The van der Waals surface area contributed by atoms with Crippen molar-refractivity contribution in [1.82, 2.24) is 9.55 Å². The highest BCUT2D eigenvalue weighted by Crippen LogP contribution is 2.16. The molecule has 4 nitrogen and oxygen atoms in total. The third-order valence-corrected chi connectivity index (χ3v) is 2.54. The van der Waals surface area contributed by atoms with E-state index in [4.69, 9.17) is 10.00 Å². The monoisotopic (exact) mass is 215 g/mol. The lowest BCUT2D eigenvalue weighted by molar-refractivity contribution is 0.126. The van der Waals surface area contributed by atoms with Crippen LogP contribution in [0, 0.1) is 11.3 Å². The SMILES string of the molecule is CCOCc1nc2ccc(C#N)cc2n1C. The largest absolute Gasteiger partial charge is 0.374 e. The summed E-state index contributed by atoms with van der Waals surface area (Å²) in [5.74, 6) is 0.881. The number of benzene rings is 1. The standard InChI is InChI=1S/C12H13N3O/c1-3-16-8-12-14-10-5-4-9(7-13)6-11(10)15(12)2/h4-6H,3,8H2,1-2H3. The summed E-state index contributed by atoms with van der Waals surface area (Å²) in [6.45, 7) is 3.13. The van der Waals surface area contributed by atoms with E-state index in [0.29, 0.717) is 18.8 Å². The molecule has 2 rings (SSSR count). The van der Waals surface area contributed by atoms with E-state index in [1.165, 1.54) is 0 Å². The molecule has 82 valence electrons. The van der Waals surface area contributed by atoms with Crippen LogP contribution in [0.2, 0.25) is 0 Å². The second kappa shape index (κ2) is 4.33. The first-order valence-electron chi connectivity index (χ1n) is 5.19. The van der Waals surface area contributed by atoms with Crippen LogP contribution in [0.25, 0.3) is 11.0 Å². The molecule has 4 heteroatoms. The molecule has 0 atom stereocenters. The topological polar surface area (TPSA) is 50.8 Å². The number of hydrogen-bond acceptors (Lipinski definition) is 3. The number of imidazole rings is 1. The minimum atomic E-state index is 0.504. The molecule has 2 aromatic rings. The molecule has 0 aliphatic heterocycles. The zero-order valence-corrected chi connectivity index (χ0v) is 9.40. The van der Waals surface area contributed by atoms with Crippen molar-refractivity contribution in [3.05, 3.63) is 29.6 Å². The molecule has 1 aromatic heterocycles. The van der Waals surface area contributed by atoms with Crippen LogP contribution in [-0.4, -0.2) is 16.2 Å². The molecule has 0 saturated carbocycles. The van der Waals surface area contributed by atoms with E-state index in [-0.39, 0.29) is 0 Å². The highest BCUT2D eigenvalue weighted by atomic mass is 16.5. The molecule has 0 radical (unpaired) electrons. The van der Waals surface area contributed by atoms with Crippen molar-refractivity contribution in [2.75, 3.05) is 6.61 Å². The Kier molecular flexibility index (Phi) is 2.88. The molecule has 0 unspecified atom stereocenters. The summed E-state index contributed by atoms with van der Waals surface area (Å²) in [6, 6.07) is 7.61. The fourth-order valence-corrected chi connectivity index (χ4v) is 1.63. The smallest absolute Gasteiger partial charge is 0.135 e. The maximum Gasteiger partial charge on any atom is 0.135 e. The number of rotatable bonds is 3. The van der Waals surface area contributed by atoms with Gasteiger partial charge in [0.15, 0.2) is 0 Å². The lowest BCUT2D eigenvalue weighted by Crippen LogP contribution is -2.00. The third-order valence-electron chi connectivity index (χ3n) is 2.54. The van der Waals surface area contributed by atoms with Crippen molar-refractivity contribution >= 4 is 11.0 Å². The molecule has 1 heterocycles. The van der Waals surface area contributed by atoms with Crippen molar-refractivity contribution in [1.29, 1.82) is 5.26 Å². The number of nitriles is 1. The molecule has 0 aliphatic rings. The molecule has 0 fully saturated rings. The normalized spacial score (nSPS) is 10.6. The quantitative estimate of drug-likeness (QED) is 0.786. The molecule has 0 saturated heterocycles. The summed E-state index contributed by atoms with van der Waals surface area (Å²) in [5.41, 5.74) is 2.52. The molecular weight excluding hydrogens is 202 g/mol. The van der Waals surface area contributed by atoms with Gasteiger partial charge in [-0.25, -0.2) is 4.98 Å². The van der Waals surface area contributed by atoms with Gasteiger partial charge in [0, 0.05) is 13.7 Å². The van der Waals surface area contributed by atoms with Crippen LogP contribution in [0.3, 0.4) is 0 Å². The second-order valence-corrected chi connectivity index (χ2v) is 3.54. The van der Waals surface area contributed by atoms with E-state index < -0.39 is 0 Å². The van der Waals surface area contributed by atoms with Gasteiger partial charge in [0.05, 0.1) is 22.7 Å². The van der Waals surface area contributed by atoms with Gasteiger partial charge in [-0.3, -0.25) is 0 Å². The lowest BCUT2D eigenvalue weighted by atomic mass is 10.2. The zero-order valence-electron chi connectivity index (χ0n) is 9.40. The number of aromatic nitrogens is 2. The number of fused-ring (bicyclic) bond motifs is 1. The van der Waals surface area contributed by atoms with Crippen molar-refractivity contribution in [2.24, 2.45) is 7.05 Å². The van der Waals surface area contributed by atoms with E-state index in [9.17, 15) is 0 Å². The molecular formula is C12H13N3O. The Bertz CT molecular complexity index is 551. The molecule has 0 amide bonds. The first kappa shape index (κ1) is 10.7. The van der Waals surface area contributed by atoms with Crippen molar-refractivity contribution in [3.63, 3.8) is 0 Å². The van der Waals surface area contributed by atoms with Gasteiger partial charge < -0.3 is 9.30 Å². The summed E-state index contributed by atoms with van der Waals surface area (Å²) in [7, 11) is 1.94. The predicted octanol–water partition coefficient (Wildman–Crippen LogP) is 1.98. The Balaban J connectivity index is 2.47. The minimum absolute atomic E-state index is 0.504. The summed E-state index contributed by atoms with van der Waals surface area (Å²) < 4.78 is 7.30. The fourth-order valence-electron chi connectivity index (χ4n) is 1.63. The van der Waals surface area contributed by atoms with E-state index in [2.05, 4.69) is 11.1 Å². The average Bonchev–Trinajstić information content (AvgIpc) is 2.63. The Morgan fingerprint density at radius 2 is 2.31 bits per heavy atom. The van der Waals surface area contributed by atoms with Crippen LogP contribution in [0.4, 0.5) is 0 Å². The van der Waals surface area contributed by atoms with E-state index in [1.807, 2.05) is 30.7 Å². The van der Waals surface area contributed by atoms with Gasteiger partial charge in [0.25, 0.3) is 0 Å². The van der Waals surface area contributed by atoms with Crippen LogP contribution in [0.15, 0.2) is 18.2 Å². The van der Waals surface area contributed by atoms with Crippen molar-refractivity contribution in [3.8, 4) is 6.07 Å². The summed E-state index contributed by atoms with van der Waals surface area (Å²) in [6.07, 6.45) is 0. The summed E-state index contributed by atoms with van der Waals surface area (Å²) >= 11 is 0. The van der Waals surface area contributed by atoms with Crippen molar-refractivity contribution < 1.29 is 4.74 Å².